The van der Waals surface area contributed by atoms with Crippen molar-refractivity contribution in [2.75, 3.05) is 26.2 Å². The lowest BCUT2D eigenvalue weighted by atomic mass is 10.0. The molecule has 0 N–H and O–H groups in total. The van der Waals surface area contributed by atoms with Crippen LogP contribution in [0.5, 0.6) is 0 Å². The molecule has 2 aromatic carbocycles. The zero-order valence-electron chi connectivity index (χ0n) is 17.9. The fourth-order valence-electron chi connectivity index (χ4n) is 3.84. The number of carbonyl (C=O) groups excluding carboxylic acids is 3. The van der Waals surface area contributed by atoms with Crippen LogP contribution in [0.15, 0.2) is 52.9 Å². The van der Waals surface area contributed by atoms with E-state index in [2.05, 4.69) is 0 Å². The van der Waals surface area contributed by atoms with E-state index in [4.69, 9.17) is 4.42 Å². The number of hydrogen-bond donors (Lipinski definition) is 0. The lowest BCUT2D eigenvalue weighted by molar-refractivity contribution is -0.132. The number of piperazine rings is 1. The number of nitrogens with zero attached hydrogens (tertiary/aromatic N) is 2. The number of aryl methyl sites for hydroxylation is 2. The average Bonchev–Trinajstić information content (AvgIpc) is 3.23. The van der Waals surface area contributed by atoms with Crippen LogP contribution >= 0.6 is 0 Å². The standard InChI is InChI=1S/C25H26N2O4/c1-17-7-8-19(15-18(17)2)21(28)9-10-24(29)26-11-13-27(14-12-26)25(30)23-16-20-5-3-4-6-22(20)31-23/h3-8,15-16H,9-14H2,1-2H3. The van der Waals surface area contributed by atoms with Gasteiger partial charge in [-0.2, -0.15) is 0 Å². The Hall–Kier alpha value is -3.41. The van der Waals surface area contributed by atoms with Crippen LogP contribution in [-0.4, -0.2) is 53.6 Å². The molecule has 6 heteroatoms. The van der Waals surface area contributed by atoms with Gasteiger partial charge >= 0.3 is 0 Å². The van der Waals surface area contributed by atoms with Gasteiger partial charge in [-0.15, -0.1) is 0 Å². The Morgan fingerprint density at radius 3 is 2.26 bits per heavy atom. The van der Waals surface area contributed by atoms with Gasteiger partial charge in [-0.3, -0.25) is 14.4 Å². The summed E-state index contributed by atoms with van der Waals surface area (Å²) in [5.41, 5.74) is 3.55. The third-order valence-electron chi connectivity index (χ3n) is 5.95. The average molecular weight is 418 g/mol. The summed E-state index contributed by atoms with van der Waals surface area (Å²) in [4.78, 5) is 41.2. The van der Waals surface area contributed by atoms with Gasteiger partial charge in [0, 0.05) is 50.0 Å². The molecule has 1 aliphatic heterocycles. The summed E-state index contributed by atoms with van der Waals surface area (Å²) in [6.45, 7) is 5.81. The molecule has 3 aromatic rings. The first-order valence-corrected chi connectivity index (χ1v) is 10.6. The number of benzene rings is 2. The van der Waals surface area contributed by atoms with E-state index in [0.717, 1.165) is 16.5 Å². The number of Topliss-reactive ketones (excluding diaryl/α,β-unsaturated/α-hetero) is 1. The third kappa shape index (κ3) is 4.53. The minimum absolute atomic E-state index is 0.0184. The predicted octanol–water partition coefficient (Wildman–Crippen LogP) is 4.00. The Kier molecular flexibility index (Phi) is 5.89. The zero-order chi connectivity index (χ0) is 22.0. The lowest BCUT2D eigenvalue weighted by Crippen LogP contribution is -2.50. The predicted molar refractivity (Wildman–Crippen MR) is 118 cm³/mol. The molecule has 0 atom stereocenters. The van der Waals surface area contributed by atoms with Crippen molar-refractivity contribution in [2.45, 2.75) is 26.7 Å². The number of carbonyl (C=O) groups is 3. The highest BCUT2D eigenvalue weighted by atomic mass is 16.3. The number of rotatable bonds is 5. The van der Waals surface area contributed by atoms with Gasteiger partial charge in [0.25, 0.3) is 5.91 Å². The lowest BCUT2D eigenvalue weighted by Gasteiger charge is -2.34. The highest BCUT2D eigenvalue weighted by Crippen LogP contribution is 2.21. The number of hydrogen-bond acceptors (Lipinski definition) is 4. The summed E-state index contributed by atoms with van der Waals surface area (Å²) in [6.07, 6.45) is 0.378. The van der Waals surface area contributed by atoms with Crippen molar-refractivity contribution >= 4 is 28.6 Å². The quantitative estimate of drug-likeness (QED) is 0.587. The molecular weight excluding hydrogens is 392 g/mol. The molecule has 0 spiro atoms. The molecule has 2 heterocycles. The van der Waals surface area contributed by atoms with Gasteiger partial charge < -0.3 is 14.2 Å². The molecule has 0 radical (unpaired) electrons. The van der Waals surface area contributed by atoms with Gasteiger partial charge in [0.1, 0.15) is 5.58 Å². The normalized spacial score (nSPS) is 14.1. The van der Waals surface area contributed by atoms with Crippen molar-refractivity contribution in [1.29, 1.82) is 0 Å². The van der Waals surface area contributed by atoms with E-state index >= 15 is 0 Å². The fraction of sp³-hybridized carbons (Fsp3) is 0.320. The topological polar surface area (TPSA) is 70.8 Å². The van der Waals surface area contributed by atoms with Crippen LogP contribution in [0.2, 0.25) is 0 Å². The molecule has 0 bridgehead atoms. The van der Waals surface area contributed by atoms with Crippen molar-refractivity contribution in [3.63, 3.8) is 0 Å². The molecule has 160 valence electrons. The Morgan fingerprint density at radius 1 is 0.839 bits per heavy atom. The summed E-state index contributed by atoms with van der Waals surface area (Å²) in [5, 5.41) is 0.896. The van der Waals surface area contributed by atoms with E-state index in [0.29, 0.717) is 43.1 Å². The van der Waals surface area contributed by atoms with Crippen molar-refractivity contribution in [2.24, 2.45) is 0 Å². The van der Waals surface area contributed by atoms with Gasteiger partial charge in [-0.25, -0.2) is 0 Å². The van der Waals surface area contributed by atoms with Gasteiger partial charge in [-0.05, 0) is 43.2 Å². The fourth-order valence-corrected chi connectivity index (χ4v) is 3.84. The van der Waals surface area contributed by atoms with E-state index in [1.54, 1.807) is 15.9 Å². The van der Waals surface area contributed by atoms with E-state index in [9.17, 15) is 14.4 Å². The highest BCUT2D eigenvalue weighted by molar-refractivity contribution is 5.98. The van der Waals surface area contributed by atoms with E-state index < -0.39 is 0 Å². The summed E-state index contributed by atoms with van der Waals surface area (Å²) >= 11 is 0. The Labute approximate surface area is 181 Å². The van der Waals surface area contributed by atoms with Crippen molar-refractivity contribution in [1.82, 2.24) is 9.80 Å². The number of amides is 2. The minimum Gasteiger partial charge on any atom is -0.451 e. The first kappa shape index (κ1) is 20.8. The van der Waals surface area contributed by atoms with Crippen LogP contribution in [0.1, 0.15) is 44.9 Å². The van der Waals surface area contributed by atoms with Crippen LogP contribution in [0.25, 0.3) is 11.0 Å². The summed E-state index contributed by atoms with van der Waals surface area (Å²) in [7, 11) is 0. The van der Waals surface area contributed by atoms with Gasteiger partial charge in [0.2, 0.25) is 5.91 Å². The molecule has 1 aromatic heterocycles. The Balaban J connectivity index is 1.28. The largest absolute Gasteiger partial charge is 0.451 e. The maximum Gasteiger partial charge on any atom is 0.289 e. The molecule has 1 saturated heterocycles. The molecule has 0 saturated carbocycles. The summed E-state index contributed by atoms with van der Waals surface area (Å²) in [5.74, 6) is 0.0938. The number of para-hydroxylation sites is 1. The monoisotopic (exact) mass is 418 g/mol. The van der Waals surface area contributed by atoms with Crippen molar-refractivity contribution in [3.8, 4) is 0 Å². The van der Waals surface area contributed by atoms with Crippen LogP contribution in [0, 0.1) is 13.8 Å². The van der Waals surface area contributed by atoms with E-state index in [1.807, 2.05) is 56.3 Å². The van der Waals surface area contributed by atoms with Crippen LogP contribution < -0.4 is 0 Å². The molecule has 4 rings (SSSR count). The first-order valence-electron chi connectivity index (χ1n) is 10.6. The van der Waals surface area contributed by atoms with Crippen LogP contribution in [0.4, 0.5) is 0 Å². The third-order valence-corrected chi connectivity index (χ3v) is 5.95. The number of fused-ring (bicyclic) bond motifs is 1. The first-order chi connectivity index (χ1) is 14.9. The highest BCUT2D eigenvalue weighted by Gasteiger charge is 2.26. The molecule has 6 nitrogen and oxygen atoms in total. The maximum atomic E-state index is 12.8. The number of furan rings is 1. The second-order valence-corrected chi connectivity index (χ2v) is 8.04. The molecular formula is C25H26N2O4. The van der Waals surface area contributed by atoms with E-state index in [-0.39, 0.29) is 30.4 Å². The minimum atomic E-state index is -0.159. The van der Waals surface area contributed by atoms with Crippen LogP contribution in [0.3, 0.4) is 0 Å². The zero-order valence-corrected chi connectivity index (χ0v) is 17.9. The van der Waals surface area contributed by atoms with Crippen LogP contribution in [-0.2, 0) is 4.79 Å². The second-order valence-electron chi connectivity index (χ2n) is 8.04. The van der Waals surface area contributed by atoms with Crippen molar-refractivity contribution in [3.05, 3.63) is 71.0 Å². The number of ketones is 1. The molecule has 0 aliphatic carbocycles. The second kappa shape index (κ2) is 8.76. The SMILES string of the molecule is Cc1ccc(C(=O)CCC(=O)N2CCN(C(=O)c3cc4ccccc4o3)CC2)cc1C. The van der Waals surface area contributed by atoms with E-state index in [1.165, 1.54) is 0 Å². The Morgan fingerprint density at radius 2 is 1.55 bits per heavy atom. The smallest absolute Gasteiger partial charge is 0.289 e. The molecule has 1 fully saturated rings. The van der Waals surface area contributed by atoms with Gasteiger partial charge in [0.15, 0.2) is 11.5 Å². The maximum absolute atomic E-state index is 12.8. The summed E-state index contributed by atoms with van der Waals surface area (Å²) < 4.78 is 5.67. The van der Waals surface area contributed by atoms with Crippen molar-refractivity contribution < 1.29 is 18.8 Å². The molecule has 31 heavy (non-hydrogen) atoms. The Bertz CT molecular complexity index is 1110. The molecule has 2 amide bonds. The summed E-state index contributed by atoms with van der Waals surface area (Å²) in [6, 6.07) is 14.9. The van der Waals surface area contributed by atoms with Gasteiger partial charge in [-0.1, -0.05) is 30.3 Å². The van der Waals surface area contributed by atoms with Gasteiger partial charge in [0.05, 0.1) is 0 Å². The molecule has 0 unspecified atom stereocenters. The molecule has 1 aliphatic rings.